The first-order valence-electron chi connectivity index (χ1n) is 6.71. The third-order valence-electron chi connectivity index (χ3n) is 3.70. The van der Waals surface area contributed by atoms with Gasteiger partial charge in [0.15, 0.2) is 0 Å². The summed E-state index contributed by atoms with van der Waals surface area (Å²) in [6, 6.07) is 4.46. The van der Waals surface area contributed by atoms with Crippen molar-refractivity contribution in [3.8, 4) is 0 Å². The molecule has 2 atom stereocenters. The van der Waals surface area contributed by atoms with Gasteiger partial charge in [-0.1, -0.05) is 6.42 Å². The van der Waals surface area contributed by atoms with Gasteiger partial charge in [-0.15, -0.1) is 11.3 Å². The second kappa shape index (κ2) is 7.03. The van der Waals surface area contributed by atoms with E-state index in [4.69, 9.17) is 0 Å². The first kappa shape index (κ1) is 14.5. The molecule has 1 saturated carbocycles. The second-order valence-corrected chi connectivity index (χ2v) is 6.23. The zero-order valence-corrected chi connectivity index (χ0v) is 12.0. The van der Waals surface area contributed by atoms with Crippen molar-refractivity contribution in [3.63, 3.8) is 0 Å². The Hall–Kier alpha value is -0.910. The molecule has 5 heteroatoms. The van der Waals surface area contributed by atoms with Gasteiger partial charge in [0.05, 0.1) is 13.5 Å². The summed E-state index contributed by atoms with van der Waals surface area (Å²) >= 11 is 1.64. The van der Waals surface area contributed by atoms with Crippen LogP contribution in [0.25, 0.3) is 0 Å². The van der Waals surface area contributed by atoms with E-state index in [0.717, 1.165) is 24.3 Å². The van der Waals surface area contributed by atoms with Gasteiger partial charge < -0.3 is 15.2 Å². The van der Waals surface area contributed by atoms with Gasteiger partial charge in [0.1, 0.15) is 0 Å². The lowest BCUT2D eigenvalue weighted by molar-refractivity contribution is -0.139. The summed E-state index contributed by atoms with van der Waals surface area (Å²) in [5.74, 6) is 0.201. The zero-order valence-electron chi connectivity index (χ0n) is 11.2. The van der Waals surface area contributed by atoms with Crippen molar-refractivity contribution in [3.05, 3.63) is 21.9 Å². The predicted molar refractivity (Wildman–Crippen MR) is 75.1 cm³/mol. The van der Waals surface area contributed by atoms with E-state index in [1.165, 1.54) is 18.4 Å². The Morgan fingerprint density at radius 2 is 2.26 bits per heavy atom. The lowest BCUT2D eigenvalue weighted by atomic mass is 10.1. The van der Waals surface area contributed by atoms with Crippen LogP contribution in [-0.2, 0) is 22.5 Å². The number of nitrogens with one attached hydrogen (secondary N) is 1. The average molecular weight is 283 g/mol. The van der Waals surface area contributed by atoms with E-state index in [1.54, 1.807) is 11.3 Å². The van der Waals surface area contributed by atoms with Crippen molar-refractivity contribution in [1.29, 1.82) is 0 Å². The van der Waals surface area contributed by atoms with Crippen LogP contribution >= 0.6 is 11.3 Å². The Labute approximate surface area is 117 Å². The number of hydrogen-bond acceptors (Lipinski definition) is 5. The fraction of sp³-hybridized carbons (Fsp3) is 0.643. The number of hydrogen-bond donors (Lipinski definition) is 2. The number of aliphatic hydroxyl groups excluding tert-OH is 1. The molecule has 4 nitrogen and oxygen atoms in total. The van der Waals surface area contributed by atoms with Crippen molar-refractivity contribution in [1.82, 2.24) is 5.32 Å². The number of carbonyl (C=O) groups excluding carboxylic acids is 1. The highest BCUT2D eigenvalue weighted by Gasteiger charge is 2.25. The van der Waals surface area contributed by atoms with Crippen molar-refractivity contribution >= 4 is 17.3 Å². The fourth-order valence-corrected chi connectivity index (χ4v) is 3.54. The molecule has 1 aromatic rings. The molecule has 0 aliphatic heterocycles. The van der Waals surface area contributed by atoms with Crippen LogP contribution in [0.1, 0.15) is 29.0 Å². The third kappa shape index (κ3) is 4.03. The zero-order chi connectivity index (χ0) is 13.7. The minimum atomic E-state index is -0.197. The van der Waals surface area contributed by atoms with Crippen molar-refractivity contribution in [2.24, 2.45) is 5.92 Å². The predicted octanol–water partition coefficient (Wildman–Crippen LogP) is 1.71. The molecule has 0 aromatic carbocycles. The Morgan fingerprint density at radius 3 is 3.00 bits per heavy atom. The van der Waals surface area contributed by atoms with Gasteiger partial charge in [-0.3, -0.25) is 4.79 Å². The molecule has 1 fully saturated rings. The van der Waals surface area contributed by atoms with Gasteiger partial charge in [-0.05, 0) is 30.9 Å². The average Bonchev–Trinajstić information content (AvgIpc) is 3.04. The number of aliphatic hydroxyl groups is 1. The standard InChI is InChI=1S/C14H21NO3S/c1-18-14(17)7-11-5-6-12(19-11)8-15-13-4-2-3-10(13)9-16/h5-6,10,13,15-16H,2-4,7-9H2,1H3. The van der Waals surface area contributed by atoms with Gasteiger partial charge in [0.2, 0.25) is 0 Å². The molecular weight excluding hydrogens is 262 g/mol. The largest absolute Gasteiger partial charge is 0.469 e. The first-order valence-corrected chi connectivity index (χ1v) is 7.53. The monoisotopic (exact) mass is 283 g/mol. The number of carbonyl (C=O) groups is 1. The van der Waals surface area contributed by atoms with E-state index >= 15 is 0 Å². The van der Waals surface area contributed by atoms with Gasteiger partial charge in [0.25, 0.3) is 0 Å². The molecule has 2 N–H and O–H groups in total. The minimum absolute atomic E-state index is 0.197. The van der Waals surface area contributed by atoms with Crippen LogP contribution in [0.4, 0.5) is 0 Å². The number of rotatable bonds is 6. The molecule has 0 amide bonds. The molecule has 0 spiro atoms. The van der Waals surface area contributed by atoms with Crippen molar-refractivity contribution < 1.29 is 14.6 Å². The number of thiophene rings is 1. The number of methoxy groups -OCH3 is 1. The van der Waals surface area contributed by atoms with E-state index in [2.05, 4.69) is 16.1 Å². The molecule has 1 heterocycles. The smallest absolute Gasteiger partial charge is 0.310 e. The molecule has 0 bridgehead atoms. The van der Waals surface area contributed by atoms with Crippen LogP contribution < -0.4 is 5.32 Å². The van der Waals surface area contributed by atoms with Gasteiger partial charge in [0, 0.05) is 28.9 Å². The molecule has 1 aliphatic rings. The quantitative estimate of drug-likeness (QED) is 0.780. The maximum atomic E-state index is 11.2. The van der Waals surface area contributed by atoms with E-state index in [9.17, 15) is 9.90 Å². The SMILES string of the molecule is COC(=O)Cc1ccc(CNC2CCCC2CO)s1. The highest BCUT2D eigenvalue weighted by Crippen LogP contribution is 2.26. The van der Waals surface area contributed by atoms with E-state index in [1.807, 2.05) is 6.07 Å². The highest BCUT2D eigenvalue weighted by atomic mass is 32.1. The second-order valence-electron chi connectivity index (χ2n) is 4.98. The topological polar surface area (TPSA) is 58.6 Å². The summed E-state index contributed by atoms with van der Waals surface area (Å²) in [4.78, 5) is 13.4. The minimum Gasteiger partial charge on any atom is -0.469 e. The summed E-state index contributed by atoms with van der Waals surface area (Å²) in [6.07, 6.45) is 3.81. The summed E-state index contributed by atoms with van der Waals surface area (Å²) in [6.45, 7) is 1.09. The van der Waals surface area contributed by atoms with Gasteiger partial charge in [-0.2, -0.15) is 0 Å². The van der Waals surface area contributed by atoms with E-state index in [-0.39, 0.29) is 12.6 Å². The normalized spacial score (nSPS) is 22.6. The summed E-state index contributed by atoms with van der Waals surface area (Å²) in [5.41, 5.74) is 0. The van der Waals surface area contributed by atoms with Crippen molar-refractivity contribution in [2.75, 3.05) is 13.7 Å². The Kier molecular flexibility index (Phi) is 5.36. The highest BCUT2D eigenvalue weighted by molar-refractivity contribution is 7.12. The molecule has 106 valence electrons. The molecule has 19 heavy (non-hydrogen) atoms. The molecule has 1 aliphatic carbocycles. The maximum absolute atomic E-state index is 11.2. The summed E-state index contributed by atoms with van der Waals surface area (Å²) in [5, 5.41) is 12.8. The maximum Gasteiger partial charge on any atom is 0.310 e. The molecule has 0 saturated heterocycles. The van der Waals surface area contributed by atoms with Crippen LogP contribution in [0.5, 0.6) is 0 Å². The molecule has 2 unspecified atom stereocenters. The summed E-state index contributed by atoms with van der Waals surface area (Å²) in [7, 11) is 1.41. The third-order valence-corrected chi connectivity index (χ3v) is 4.78. The Bertz CT molecular complexity index is 419. The fourth-order valence-electron chi connectivity index (χ4n) is 2.58. The van der Waals surface area contributed by atoms with Crippen LogP contribution in [0.15, 0.2) is 12.1 Å². The molecule has 0 radical (unpaired) electrons. The van der Waals surface area contributed by atoms with E-state index < -0.39 is 0 Å². The Morgan fingerprint density at radius 1 is 1.47 bits per heavy atom. The van der Waals surface area contributed by atoms with Crippen LogP contribution in [0, 0.1) is 5.92 Å². The molecular formula is C14H21NO3S. The summed E-state index contributed by atoms with van der Waals surface area (Å²) < 4.78 is 4.66. The molecule has 1 aromatic heterocycles. The van der Waals surface area contributed by atoms with Crippen LogP contribution in [-0.4, -0.2) is 30.8 Å². The van der Waals surface area contributed by atoms with Gasteiger partial charge in [-0.25, -0.2) is 0 Å². The van der Waals surface area contributed by atoms with Crippen LogP contribution in [0.3, 0.4) is 0 Å². The van der Waals surface area contributed by atoms with Gasteiger partial charge >= 0.3 is 5.97 Å². The first-order chi connectivity index (χ1) is 9.22. The van der Waals surface area contributed by atoms with Crippen LogP contribution in [0.2, 0.25) is 0 Å². The lowest BCUT2D eigenvalue weighted by Crippen LogP contribution is -2.33. The number of esters is 1. The van der Waals surface area contributed by atoms with Crippen molar-refractivity contribution in [2.45, 2.75) is 38.3 Å². The van der Waals surface area contributed by atoms with E-state index in [0.29, 0.717) is 18.4 Å². The lowest BCUT2D eigenvalue weighted by Gasteiger charge is -2.18. The number of ether oxygens (including phenoxy) is 1. The Balaban J connectivity index is 1.81. The molecule has 2 rings (SSSR count).